The standard InChI is InChI=1S/C13H23N3O2/c1-2-6-15-9-13(18)16(10-12(15)17)8-11-4-3-5-14-7-11/h11,14H,2-10H2,1H3. The fraction of sp³-hybridized carbons (Fsp3) is 0.846. The van der Waals surface area contributed by atoms with Crippen LogP contribution in [-0.2, 0) is 9.59 Å². The summed E-state index contributed by atoms with van der Waals surface area (Å²) >= 11 is 0. The monoisotopic (exact) mass is 253 g/mol. The highest BCUT2D eigenvalue weighted by Crippen LogP contribution is 2.14. The van der Waals surface area contributed by atoms with Crippen LogP contribution in [0.15, 0.2) is 0 Å². The average molecular weight is 253 g/mol. The van der Waals surface area contributed by atoms with Crippen LogP contribution in [0.5, 0.6) is 0 Å². The number of nitrogens with zero attached hydrogens (tertiary/aromatic N) is 2. The number of amides is 2. The lowest BCUT2D eigenvalue weighted by Gasteiger charge is -2.36. The molecule has 1 unspecified atom stereocenters. The van der Waals surface area contributed by atoms with Crippen LogP contribution in [0, 0.1) is 5.92 Å². The molecule has 2 heterocycles. The number of carbonyl (C=O) groups is 2. The Morgan fingerprint density at radius 1 is 1.22 bits per heavy atom. The second-order valence-electron chi connectivity index (χ2n) is 5.30. The first-order chi connectivity index (χ1) is 8.70. The smallest absolute Gasteiger partial charge is 0.242 e. The van der Waals surface area contributed by atoms with Gasteiger partial charge < -0.3 is 15.1 Å². The molecule has 18 heavy (non-hydrogen) atoms. The van der Waals surface area contributed by atoms with Crippen molar-refractivity contribution >= 4 is 11.8 Å². The van der Waals surface area contributed by atoms with Gasteiger partial charge in [-0.15, -0.1) is 0 Å². The van der Waals surface area contributed by atoms with Gasteiger partial charge in [0, 0.05) is 13.1 Å². The Morgan fingerprint density at radius 3 is 2.61 bits per heavy atom. The van der Waals surface area contributed by atoms with Gasteiger partial charge in [0.05, 0.1) is 13.1 Å². The van der Waals surface area contributed by atoms with Crippen LogP contribution in [0.2, 0.25) is 0 Å². The van der Waals surface area contributed by atoms with E-state index >= 15 is 0 Å². The number of rotatable bonds is 4. The molecule has 2 fully saturated rings. The quantitative estimate of drug-likeness (QED) is 0.771. The molecule has 2 aliphatic heterocycles. The Kier molecular flexibility index (Phi) is 4.58. The van der Waals surface area contributed by atoms with E-state index in [9.17, 15) is 9.59 Å². The number of hydrogen-bond acceptors (Lipinski definition) is 3. The van der Waals surface area contributed by atoms with Crippen molar-refractivity contribution < 1.29 is 9.59 Å². The average Bonchev–Trinajstić information content (AvgIpc) is 2.37. The third-order valence-electron chi connectivity index (χ3n) is 3.73. The first kappa shape index (κ1) is 13.3. The predicted octanol–water partition coefficient (Wildman–Crippen LogP) is 0.0668. The number of piperidine rings is 1. The summed E-state index contributed by atoms with van der Waals surface area (Å²) in [7, 11) is 0. The minimum Gasteiger partial charge on any atom is -0.332 e. The molecule has 0 aromatic carbocycles. The van der Waals surface area contributed by atoms with Crippen LogP contribution in [0.4, 0.5) is 0 Å². The molecule has 0 radical (unpaired) electrons. The van der Waals surface area contributed by atoms with E-state index in [0.717, 1.165) is 32.5 Å². The summed E-state index contributed by atoms with van der Waals surface area (Å²) in [4.78, 5) is 27.3. The van der Waals surface area contributed by atoms with Crippen LogP contribution in [0.1, 0.15) is 26.2 Å². The number of carbonyl (C=O) groups excluding carboxylic acids is 2. The van der Waals surface area contributed by atoms with Crippen molar-refractivity contribution in [3.05, 3.63) is 0 Å². The first-order valence-electron chi connectivity index (χ1n) is 6.97. The maximum absolute atomic E-state index is 12.0. The second kappa shape index (κ2) is 6.18. The van der Waals surface area contributed by atoms with E-state index in [4.69, 9.17) is 0 Å². The van der Waals surface area contributed by atoms with Crippen molar-refractivity contribution in [3.8, 4) is 0 Å². The zero-order valence-electron chi connectivity index (χ0n) is 11.2. The summed E-state index contributed by atoms with van der Waals surface area (Å²) in [6.07, 6.45) is 3.23. The van der Waals surface area contributed by atoms with Crippen LogP contribution in [-0.4, -0.2) is 60.9 Å². The van der Waals surface area contributed by atoms with Gasteiger partial charge in [-0.2, -0.15) is 0 Å². The Balaban J connectivity index is 1.86. The molecule has 5 heteroatoms. The highest BCUT2D eigenvalue weighted by atomic mass is 16.2. The van der Waals surface area contributed by atoms with E-state index in [1.165, 1.54) is 6.42 Å². The van der Waals surface area contributed by atoms with Gasteiger partial charge in [-0.3, -0.25) is 9.59 Å². The van der Waals surface area contributed by atoms with Gasteiger partial charge in [0.25, 0.3) is 0 Å². The Hall–Kier alpha value is -1.10. The third-order valence-corrected chi connectivity index (χ3v) is 3.73. The molecule has 0 spiro atoms. The molecule has 102 valence electrons. The molecule has 0 aromatic heterocycles. The third kappa shape index (κ3) is 3.22. The minimum atomic E-state index is 0.0974. The lowest BCUT2D eigenvalue weighted by molar-refractivity contribution is -0.150. The summed E-state index contributed by atoms with van der Waals surface area (Å²) in [5.41, 5.74) is 0. The molecular formula is C13H23N3O2. The highest BCUT2D eigenvalue weighted by molar-refractivity contribution is 5.92. The summed E-state index contributed by atoms with van der Waals surface area (Å²) < 4.78 is 0. The normalized spacial score (nSPS) is 25.7. The van der Waals surface area contributed by atoms with Gasteiger partial charge in [-0.1, -0.05) is 6.92 Å². The Morgan fingerprint density at radius 2 is 1.94 bits per heavy atom. The molecular weight excluding hydrogens is 230 g/mol. The van der Waals surface area contributed by atoms with E-state index in [0.29, 0.717) is 12.5 Å². The van der Waals surface area contributed by atoms with Gasteiger partial charge in [-0.05, 0) is 38.3 Å². The zero-order chi connectivity index (χ0) is 13.0. The largest absolute Gasteiger partial charge is 0.332 e. The lowest BCUT2D eigenvalue weighted by Crippen LogP contribution is -2.55. The second-order valence-corrected chi connectivity index (χ2v) is 5.30. The van der Waals surface area contributed by atoms with Gasteiger partial charge in [0.15, 0.2) is 0 Å². The van der Waals surface area contributed by atoms with Gasteiger partial charge in [-0.25, -0.2) is 0 Å². The molecule has 0 aromatic rings. The number of nitrogens with one attached hydrogen (secondary N) is 1. The van der Waals surface area contributed by atoms with E-state index in [1.807, 2.05) is 6.92 Å². The molecule has 2 amide bonds. The van der Waals surface area contributed by atoms with Crippen molar-refractivity contribution in [2.45, 2.75) is 26.2 Å². The maximum atomic E-state index is 12.0. The number of hydrogen-bond donors (Lipinski definition) is 1. The molecule has 0 bridgehead atoms. The SMILES string of the molecule is CCCN1CC(=O)N(CC2CCCNC2)CC1=O. The summed E-state index contributed by atoms with van der Waals surface area (Å²) in [5.74, 6) is 0.710. The van der Waals surface area contributed by atoms with Crippen LogP contribution < -0.4 is 5.32 Å². The van der Waals surface area contributed by atoms with Crippen molar-refractivity contribution in [3.63, 3.8) is 0 Å². The Labute approximate surface area is 108 Å². The highest BCUT2D eigenvalue weighted by Gasteiger charge is 2.30. The number of piperazine rings is 1. The predicted molar refractivity (Wildman–Crippen MR) is 69.0 cm³/mol. The van der Waals surface area contributed by atoms with Crippen molar-refractivity contribution in [2.75, 3.05) is 39.3 Å². The van der Waals surface area contributed by atoms with Crippen LogP contribution in [0.3, 0.4) is 0 Å². The van der Waals surface area contributed by atoms with Crippen LogP contribution in [0.25, 0.3) is 0 Å². The van der Waals surface area contributed by atoms with E-state index in [-0.39, 0.29) is 24.9 Å². The molecule has 0 saturated carbocycles. The van der Waals surface area contributed by atoms with Crippen molar-refractivity contribution in [1.82, 2.24) is 15.1 Å². The Bertz CT molecular complexity index is 313. The van der Waals surface area contributed by atoms with Crippen molar-refractivity contribution in [1.29, 1.82) is 0 Å². The molecule has 1 atom stereocenters. The molecule has 2 saturated heterocycles. The van der Waals surface area contributed by atoms with Crippen molar-refractivity contribution in [2.24, 2.45) is 5.92 Å². The first-order valence-corrected chi connectivity index (χ1v) is 6.97. The van der Waals surface area contributed by atoms with E-state index < -0.39 is 0 Å². The molecule has 2 rings (SSSR count). The summed E-state index contributed by atoms with van der Waals surface area (Å²) in [5, 5.41) is 3.35. The topological polar surface area (TPSA) is 52.7 Å². The maximum Gasteiger partial charge on any atom is 0.242 e. The fourth-order valence-electron chi connectivity index (χ4n) is 2.73. The molecule has 5 nitrogen and oxygen atoms in total. The molecule has 2 aliphatic rings. The van der Waals surface area contributed by atoms with E-state index in [1.54, 1.807) is 9.80 Å². The van der Waals surface area contributed by atoms with Gasteiger partial charge in [0.1, 0.15) is 0 Å². The summed E-state index contributed by atoms with van der Waals surface area (Å²) in [6, 6.07) is 0. The summed E-state index contributed by atoms with van der Waals surface area (Å²) in [6.45, 7) is 6.05. The lowest BCUT2D eigenvalue weighted by atomic mass is 9.98. The fourth-order valence-corrected chi connectivity index (χ4v) is 2.73. The molecule has 1 N–H and O–H groups in total. The van der Waals surface area contributed by atoms with E-state index in [2.05, 4.69) is 5.32 Å². The molecule has 0 aliphatic carbocycles. The van der Waals surface area contributed by atoms with Gasteiger partial charge in [0.2, 0.25) is 11.8 Å². The minimum absolute atomic E-state index is 0.0974. The zero-order valence-corrected chi connectivity index (χ0v) is 11.2. The van der Waals surface area contributed by atoms with Gasteiger partial charge >= 0.3 is 0 Å². The van der Waals surface area contributed by atoms with Crippen LogP contribution >= 0.6 is 0 Å².